The predicted molar refractivity (Wildman–Crippen MR) is 56.8 cm³/mol. The summed E-state index contributed by atoms with van der Waals surface area (Å²) in [6, 6.07) is 0. The van der Waals surface area contributed by atoms with E-state index < -0.39 is 0 Å². The normalized spacial score (nSPS) is 21.6. The Morgan fingerprint density at radius 2 is 2.20 bits per heavy atom. The molecule has 15 heavy (non-hydrogen) atoms. The van der Waals surface area contributed by atoms with Gasteiger partial charge in [0.25, 0.3) is 0 Å². The van der Waals surface area contributed by atoms with Crippen LogP contribution >= 0.6 is 0 Å². The van der Waals surface area contributed by atoms with Gasteiger partial charge in [-0.05, 0) is 26.2 Å². The predicted octanol–water partition coefficient (Wildman–Crippen LogP) is 1.02. The molecule has 1 aromatic heterocycles. The molecule has 5 nitrogen and oxygen atoms in total. The number of carbonyl (C=O) groups excluding carboxylic acids is 1. The molecule has 1 amide bonds. The zero-order chi connectivity index (χ0) is 10.6. The average Bonchev–Trinajstić information content (AvgIpc) is 2.38. The van der Waals surface area contributed by atoms with Crippen molar-refractivity contribution in [1.29, 1.82) is 0 Å². The first-order valence-corrected chi connectivity index (χ1v) is 5.26. The zero-order valence-corrected chi connectivity index (χ0v) is 8.92. The van der Waals surface area contributed by atoms with Gasteiger partial charge in [-0.3, -0.25) is 9.48 Å². The number of aromatic nitrogens is 2. The van der Waals surface area contributed by atoms with Gasteiger partial charge in [-0.1, -0.05) is 0 Å². The summed E-state index contributed by atoms with van der Waals surface area (Å²) in [6.45, 7) is 1.90. The fourth-order valence-electron chi connectivity index (χ4n) is 2.35. The Kier molecular flexibility index (Phi) is 1.48. The Hall–Kier alpha value is -1.52. The van der Waals surface area contributed by atoms with E-state index in [4.69, 9.17) is 0 Å². The second kappa shape index (κ2) is 2.53. The van der Waals surface area contributed by atoms with Crippen molar-refractivity contribution in [3.63, 3.8) is 0 Å². The molecule has 0 bridgehead atoms. The van der Waals surface area contributed by atoms with Gasteiger partial charge < -0.3 is 10.6 Å². The Labute approximate surface area is 87.8 Å². The van der Waals surface area contributed by atoms with E-state index in [-0.39, 0.29) is 11.4 Å². The van der Waals surface area contributed by atoms with Crippen molar-refractivity contribution >= 4 is 17.4 Å². The summed E-state index contributed by atoms with van der Waals surface area (Å²) in [4.78, 5) is 11.9. The molecule has 3 rings (SSSR count). The highest BCUT2D eigenvalue weighted by Gasteiger charge is 2.48. The summed E-state index contributed by atoms with van der Waals surface area (Å²) >= 11 is 0. The number of hydrogen-bond acceptors (Lipinski definition) is 3. The van der Waals surface area contributed by atoms with E-state index in [9.17, 15) is 4.79 Å². The van der Waals surface area contributed by atoms with Gasteiger partial charge in [0.05, 0.1) is 5.69 Å². The Bertz CT molecular complexity index is 445. The van der Waals surface area contributed by atoms with Crippen LogP contribution in [0.15, 0.2) is 0 Å². The molecule has 0 unspecified atom stereocenters. The number of carbonyl (C=O) groups is 1. The van der Waals surface area contributed by atoms with Gasteiger partial charge in [0.15, 0.2) is 0 Å². The standard InChI is InChI=1S/C10H14N4O/c1-6-7-8(14(2)13-6)12-10(4-3-5-10)9(15)11-7/h12H,3-5H2,1-2H3,(H,11,15). The van der Waals surface area contributed by atoms with Crippen molar-refractivity contribution in [2.75, 3.05) is 10.6 Å². The summed E-state index contributed by atoms with van der Waals surface area (Å²) in [6.07, 6.45) is 2.96. The summed E-state index contributed by atoms with van der Waals surface area (Å²) in [5.41, 5.74) is 1.34. The minimum Gasteiger partial charge on any atom is -0.354 e. The summed E-state index contributed by atoms with van der Waals surface area (Å²) < 4.78 is 1.80. The smallest absolute Gasteiger partial charge is 0.250 e. The largest absolute Gasteiger partial charge is 0.354 e. The maximum absolute atomic E-state index is 11.9. The lowest BCUT2D eigenvalue weighted by molar-refractivity contribution is -0.123. The van der Waals surface area contributed by atoms with Crippen LogP contribution < -0.4 is 10.6 Å². The molecule has 5 heteroatoms. The van der Waals surface area contributed by atoms with Gasteiger partial charge in [-0.15, -0.1) is 0 Å². The van der Waals surface area contributed by atoms with Crippen molar-refractivity contribution in [2.45, 2.75) is 31.7 Å². The van der Waals surface area contributed by atoms with Crippen LogP contribution in [0.1, 0.15) is 25.0 Å². The van der Waals surface area contributed by atoms with E-state index in [1.165, 1.54) is 0 Å². The minimum atomic E-state index is -0.354. The molecular formula is C10H14N4O. The van der Waals surface area contributed by atoms with E-state index in [1.807, 2.05) is 14.0 Å². The highest BCUT2D eigenvalue weighted by atomic mass is 16.2. The summed E-state index contributed by atoms with van der Waals surface area (Å²) in [5, 5.41) is 10.6. The molecule has 1 spiro atoms. The highest BCUT2D eigenvalue weighted by molar-refractivity contribution is 6.06. The third-order valence-electron chi connectivity index (χ3n) is 3.46. The number of rotatable bonds is 0. The van der Waals surface area contributed by atoms with Crippen molar-refractivity contribution in [2.24, 2.45) is 7.05 Å². The molecule has 2 heterocycles. The first kappa shape index (κ1) is 8.76. The molecule has 1 aliphatic carbocycles. The van der Waals surface area contributed by atoms with E-state index in [1.54, 1.807) is 4.68 Å². The van der Waals surface area contributed by atoms with E-state index in [0.717, 1.165) is 36.5 Å². The number of nitrogens with zero attached hydrogens (tertiary/aromatic N) is 2. The molecule has 1 fully saturated rings. The van der Waals surface area contributed by atoms with Crippen LogP contribution in [-0.4, -0.2) is 21.2 Å². The van der Waals surface area contributed by atoms with Crippen LogP contribution in [0.25, 0.3) is 0 Å². The van der Waals surface area contributed by atoms with E-state index in [0.29, 0.717) is 0 Å². The second-order valence-corrected chi connectivity index (χ2v) is 4.45. The number of aryl methyl sites for hydroxylation is 2. The molecule has 1 aromatic rings. The van der Waals surface area contributed by atoms with Crippen LogP contribution in [0.3, 0.4) is 0 Å². The summed E-state index contributed by atoms with van der Waals surface area (Å²) in [5.74, 6) is 1.03. The van der Waals surface area contributed by atoms with Gasteiger partial charge in [-0.25, -0.2) is 0 Å². The van der Waals surface area contributed by atoms with Crippen LogP contribution in [0.2, 0.25) is 0 Å². The van der Waals surface area contributed by atoms with Crippen molar-refractivity contribution in [3.8, 4) is 0 Å². The van der Waals surface area contributed by atoms with Crippen LogP contribution in [0, 0.1) is 6.92 Å². The number of nitrogens with one attached hydrogen (secondary N) is 2. The Morgan fingerprint density at radius 3 is 2.80 bits per heavy atom. The van der Waals surface area contributed by atoms with Crippen LogP contribution in [-0.2, 0) is 11.8 Å². The average molecular weight is 206 g/mol. The highest BCUT2D eigenvalue weighted by Crippen LogP contribution is 2.42. The molecular weight excluding hydrogens is 192 g/mol. The number of amides is 1. The third kappa shape index (κ3) is 0.976. The van der Waals surface area contributed by atoms with Crippen molar-refractivity contribution in [3.05, 3.63) is 5.69 Å². The maximum Gasteiger partial charge on any atom is 0.250 e. The topological polar surface area (TPSA) is 59.0 Å². The summed E-state index contributed by atoms with van der Waals surface area (Å²) in [7, 11) is 1.89. The number of anilines is 2. The molecule has 0 radical (unpaired) electrons. The van der Waals surface area contributed by atoms with Crippen LogP contribution in [0.4, 0.5) is 11.5 Å². The Balaban J connectivity index is 2.08. The zero-order valence-electron chi connectivity index (χ0n) is 8.92. The maximum atomic E-state index is 11.9. The lowest BCUT2D eigenvalue weighted by Crippen LogP contribution is -2.57. The third-order valence-corrected chi connectivity index (χ3v) is 3.46. The SMILES string of the molecule is Cc1nn(C)c2c1NC(=O)C1(CCC1)N2. The fourth-order valence-corrected chi connectivity index (χ4v) is 2.35. The fraction of sp³-hybridized carbons (Fsp3) is 0.600. The van der Waals surface area contributed by atoms with Crippen molar-refractivity contribution in [1.82, 2.24) is 9.78 Å². The van der Waals surface area contributed by atoms with Gasteiger partial charge in [0, 0.05) is 7.05 Å². The second-order valence-electron chi connectivity index (χ2n) is 4.45. The van der Waals surface area contributed by atoms with Gasteiger partial charge in [0.1, 0.15) is 17.0 Å². The first-order valence-electron chi connectivity index (χ1n) is 5.26. The van der Waals surface area contributed by atoms with Gasteiger partial charge in [-0.2, -0.15) is 5.10 Å². The van der Waals surface area contributed by atoms with Crippen LogP contribution in [0.5, 0.6) is 0 Å². The monoisotopic (exact) mass is 206 g/mol. The molecule has 1 saturated carbocycles. The van der Waals surface area contributed by atoms with E-state index >= 15 is 0 Å². The molecule has 80 valence electrons. The number of fused-ring (bicyclic) bond motifs is 1. The van der Waals surface area contributed by atoms with Crippen molar-refractivity contribution < 1.29 is 4.79 Å². The quantitative estimate of drug-likeness (QED) is 0.666. The molecule has 2 aliphatic rings. The van der Waals surface area contributed by atoms with E-state index in [2.05, 4.69) is 15.7 Å². The number of hydrogen-bond donors (Lipinski definition) is 2. The minimum absolute atomic E-state index is 0.0948. The lowest BCUT2D eigenvalue weighted by Gasteiger charge is -2.44. The molecule has 0 saturated heterocycles. The van der Waals surface area contributed by atoms with Gasteiger partial charge >= 0.3 is 0 Å². The Morgan fingerprint density at radius 1 is 1.47 bits per heavy atom. The molecule has 2 N–H and O–H groups in total. The molecule has 0 atom stereocenters. The molecule has 0 aromatic carbocycles. The van der Waals surface area contributed by atoms with Gasteiger partial charge in [0.2, 0.25) is 5.91 Å². The first-order chi connectivity index (χ1) is 7.12. The lowest BCUT2D eigenvalue weighted by atomic mass is 9.75. The molecule has 1 aliphatic heterocycles.